The summed E-state index contributed by atoms with van der Waals surface area (Å²) in [6, 6.07) is 4.23. The van der Waals surface area contributed by atoms with Crippen molar-refractivity contribution in [2.75, 3.05) is 25.6 Å². The number of carbonyl (C=O) groups excluding carboxylic acids is 1. The summed E-state index contributed by atoms with van der Waals surface area (Å²) < 4.78 is 13.6. The minimum absolute atomic E-state index is 0.0759. The van der Waals surface area contributed by atoms with Crippen molar-refractivity contribution in [1.82, 2.24) is 20.0 Å². The van der Waals surface area contributed by atoms with E-state index in [-0.39, 0.29) is 23.7 Å². The lowest BCUT2D eigenvalue weighted by atomic mass is 9.91. The van der Waals surface area contributed by atoms with Crippen molar-refractivity contribution >= 4 is 32.6 Å². The van der Waals surface area contributed by atoms with E-state index in [1.165, 1.54) is 35.3 Å². The molecule has 0 radical (unpaired) electrons. The topological polar surface area (TPSA) is 91.2 Å². The van der Waals surface area contributed by atoms with E-state index in [9.17, 15) is 4.79 Å². The van der Waals surface area contributed by atoms with Crippen LogP contribution >= 0.6 is 11.3 Å². The molecule has 3 aromatic rings. The SMILES string of the molecule is CO[C@@H]1COC[C@H]1n1cc(C(=O)Nc2nc3c4c(ccc3s2)CCCC4)nn1. The van der Waals surface area contributed by atoms with Crippen LogP contribution in [0.2, 0.25) is 0 Å². The van der Waals surface area contributed by atoms with E-state index in [1.54, 1.807) is 18.0 Å². The van der Waals surface area contributed by atoms with Crippen LogP contribution in [0.1, 0.15) is 40.5 Å². The van der Waals surface area contributed by atoms with Crippen LogP contribution in [-0.4, -0.2) is 52.3 Å². The Bertz CT molecular complexity index is 1030. The first-order chi connectivity index (χ1) is 13.7. The van der Waals surface area contributed by atoms with Gasteiger partial charge in [-0.3, -0.25) is 10.1 Å². The van der Waals surface area contributed by atoms with Gasteiger partial charge in [-0.25, -0.2) is 9.67 Å². The fourth-order valence-corrected chi connectivity index (χ4v) is 4.86. The highest BCUT2D eigenvalue weighted by Gasteiger charge is 2.31. The second-order valence-corrected chi connectivity index (χ2v) is 8.22. The quantitative estimate of drug-likeness (QED) is 0.725. The molecule has 0 bridgehead atoms. The van der Waals surface area contributed by atoms with Crippen LogP contribution in [0.4, 0.5) is 5.13 Å². The fourth-order valence-electron chi connectivity index (χ4n) is 3.97. The van der Waals surface area contributed by atoms with Crippen LogP contribution in [0.25, 0.3) is 10.2 Å². The summed E-state index contributed by atoms with van der Waals surface area (Å²) in [7, 11) is 1.64. The van der Waals surface area contributed by atoms with Gasteiger partial charge in [-0.15, -0.1) is 5.10 Å². The van der Waals surface area contributed by atoms with Crippen molar-refractivity contribution in [1.29, 1.82) is 0 Å². The molecular weight excluding hydrogens is 378 g/mol. The Morgan fingerprint density at radius 1 is 1.32 bits per heavy atom. The van der Waals surface area contributed by atoms with Gasteiger partial charge in [-0.2, -0.15) is 0 Å². The Labute approximate surface area is 165 Å². The largest absolute Gasteiger partial charge is 0.377 e. The summed E-state index contributed by atoms with van der Waals surface area (Å²) in [4.78, 5) is 17.3. The van der Waals surface area contributed by atoms with Crippen molar-refractivity contribution < 1.29 is 14.3 Å². The molecule has 1 aromatic carbocycles. The summed E-state index contributed by atoms with van der Waals surface area (Å²) in [5.41, 5.74) is 3.99. The van der Waals surface area contributed by atoms with Crippen LogP contribution in [-0.2, 0) is 22.3 Å². The number of rotatable bonds is 4. The molecule has 28 heavy (non-hydrogen) atoms. The number of benzene rings is 1. The number of fused-ring (bicyclic) bond motifs is 3. The smallest absolute Gasteiger partial charge is 0.279 e. The second kappa shape index (κ2) is 7.23. The molecule has 2 aliphatic rings. The number of nitrogens with one attached hydrogen (secondary N) is 1. The van der Waals surface area contributed by atoms with Gasteiger partial charge >= 0.3 is 0 Å². The number of hydrogen-bond donors (Lipinski definition) is 1. The normalized spacial score (nSPS) is 21.8. The standard InChI is InChI=1S/C19H21N5O3S/c1-26-15-10-27-9-14(15)24-8-13(22-23-24)18(25)21-19-20-17-12-5-3-2-4-11(12)6-7-16(17)28-19/h6-8,14-15H,2-5,9-10H2,1H3,(H,20,21,25)/t14-,15-/m1/s1. The Morgan fingerprint density at radius 2 is 2.21 bits per heavy atom. The zero-order chi connectivity index (χ0) is 19.1. The summed E-state index contributed by atoms with van der Waals surface area (Å²) >= 11 is 1.49. The van der Waals surface area contributed by atoms with E-state index in [0.717, 1.165) is 23.1 Å². The molecule has 1 amide bonds. The lowest BCUT2D eigenvalue weighted by molar-refractivity contribution is 0.0661. The Balaban J connectivity index is 1.36. The predicted octanol–water partition coefficient (Wildman–Crippen LogP) is 2.61. The van der Waals surface area contributed by atoms with E-state index in [0.29, 0.717) is 18.3 Å². The monoisotopic (exact) mass is 399 g/mol. The van der Waals surface area contributed by atoms with E-state index in [1.807, 2.05) is 0 Å². The minimum Gasteiger partial charge on any atom is -0.377 e. The lowest BCUT2D eigenvalue weighted by Crippen LogP contribution is -2.24. The van der Waals surface area contributed by atoms with E-state index >= 15 is 0 Å². The van der Waals surface area contributed by atoms with Crippen molar-refractivity contribution in [2.45, 2.75) is 37.8 Å². The first kappa shape index (κ1) is 17.7. The fraction of sp³-hybridized carbons (Fsp3) is 0.474. The van der Waals surface area contributed by atoms with Crippen LogP contribution in [0.5, 0.6) is 0 Å². The number of thiazole rings is 1. The Morgan fingerprint density at radius 3 is 3.11 bits per heavy atom. The van der Waals surface area contributed by atoms with Gasteiger partial charge in [-0.1, -0.05) is 22.6 Å². The highest BCUT2D eigenvalue weighted by molar-refractivity contribution is 7.22. The second-order valence-electron chi connectivity index (χ2n) is 7.19. The summed E-state index contributed by atoms with van der Waals surface area (Å²) in [5, 5.41) is 11.6. The molecule has 3 heterocycles. The number of methoxy groups -OCH3 is 1. The zero-order valence-electron chi connectivity index (χ0n) is 15.6. The highest BCUT2D eigenvalue weighted by Crippen LogP contribution is 2.33. The van der Waals surface area contributed by atoms with Gasteiger partial charge in [0.1, 0.15) is 12.1 Å². The van der Waals surface area contributed by atoms with Gasteiger partial charge in [0.05, 0.1) is 29.6 Å². The van der Waals surface area contributed by atoms with Crippen LogP contribution in [0.15, 0.2) is 18.3 Å². The maximum atomic E-state index is 12.6. The third-order valence-corrected chi connectivity index (χ3v) is 6.43. The predicted molar refractivity (Wildman–Crippen MR) is 105 cm³/mol. The summed E-state index contributed by atoms with van der Waals surface area (Å²) in [5.74, 6) is -0.313. The van der Waals surface area contributed by atoms with Crippen molar-refractivity contribution in [3.05, 3.63) is 35.2 Å². The summed E-state index contributed by atoms with van der Waals surface area (Å²) in [6.07, 6.45) is 6.15. The molecule has 9 heteroatoms. The average Bonchev–Trinajstić information content (AvgIpc) is 3.45. The van der Waals surface area contributed by atoms with Gasteiger partial charge in [0.2, 0.25) is 0 Å². The molecule has 0 spiro atoms. The molecule has 1 saturated heterocycles. The number of hydrogen-bond acceptors (Lipinski definition) is 7. The molecule has 1 N–H and O–H groups in total. The molecule has 146 valence electrons. The van der Waals surface area contributed by atoms with Crippen LogP contribution in [0, 0.1) is 0 Å². The summed E-state index contributed by atoms with van der Waals surface area (Å²) in [6.45, 7) is 1.00. The Kier molecular flexibility index (Phi) is 4.58. The Hall–Kier alpha value is -2.36. The lowest BCUT2D eigenvalue weighted by Gasteiger charge is -2.15. The first-order valence-electron chi connectivity index (χ1n) is 9.48. The van der Waals surface area contributed by atoms with Crippen molar-refractivity contribution in [3.63, 3.8) is 0 Å². The molecule has 1 aliphatic heterocycles. The number of nitrogens with zero attached hydrogens (tertiary/aromatic N) is 4. The third kappa shape index (κ3) is 3.09. The third-order valence-electron chi connectivity index (χ3n) is 5.49. The van der Waals surface area contributed by atoms with Crippen LogP contribution < -0.4 is 5.32 Å². The van der Waals surface area contributed by atoms with Gasteiger partial charge in [0.15, 0.2) is 10.8 Å². The first-order valence-corrected chi connectivity index (χ1v) is 10.3. The van der Waals surface area contributed by atoms with Crippen molar-refractivity contribution in [3.8, 4) is 0 Å². The molecule has 8 nitrogen and oxygen atoms in total. The van der Waals surface area contributed by atoms with E-state index in [4.69, 9.17) is 14.5 Å². The van der Waals surface area contributed by atoms with Gasteiger partial charge < -0.3 is 9.47 Å². The minimum atomic E-state index is -0.313. The number of amides is 1. The number of ether oxygens (including phenoxy) is 2. The number of anilines is 1. The van der Waals surface area contributed by atoms with E-state index < -0.39 is 0 Å². The average molecular weight is 399 g/mol. The van der Waals surface area contributed by atoms with Gasteiger partial charge in [0.25, 0.3) is 5.91 Å². The van der Waals surface area contributed by atoms with Crippen LogP contribution in [0.3, 0.4) is 0 Å². The molecule has 1 aliphatic carbocycles. The zero-order valence-corrected chi connectivity index (χ0v) is 16.4. The van der Waals surface area contributed by atoms with Gasteiger partial charge in [0, 0.05) is 7.11 Å². The number of carbonyl (C=O) groups is 1. The molecule has 2 atom stereocenters. The number of aromatic nitrogens is 4. The molecule has 0 unspecified atom stereocenters. The molecule has 1 fully saturated rings. The maximum Gasteiger partial charge on any atom is 0.279 e. The highest BCUT2D eigenvalue weighted by atomic mass is 32.1. The molecule has 5 rings (SSSR count). The number of aryl methyl sites for hydroxylation is 2. The molecule has 2 aromatic heterocycles. The van der Waals surface area contributed by atoms with E-state index in [2.05, 4.69) is 27.8 Å². The molecule has 0 saturated carbocycles. The van der Waals surface area contributed by atoms with Crippen molar-refractivity contribution in [2.24, 2.45) is 0 Å². The molecular formula is C19H21N5O3S. The van der Waals surface area contributed by atoms with Gasteiger partial charge in [-0.05, 0) is 42.9 Å². The maximum absolute atomic E-state index is 12.6.